The zero-order valence-corrected chi connectivity index (χ0v) is 26.6. The van der Waals surface area contributed by atoms with Crippen LogP contribution in [0.1, 0.15) is 74.9 Å². The van der Waals surface area contributed by atoms with E-state index in [-0.39, 0.29) is 6.09 Å². The number of amides is 1. The maximum Gasteiger partial charge on any atom is 0.410 e. The van der Waals surface area contributed by atoms with E-state index in [4.69, 9.17) is 4.74 Å². The number of benzene rings is 1. The quantitative estimate of drug-likeness (QED) is 0.352. The first-order valence-corrected chi connectivity index (χ1v) is 16.4. The molecule has 0 atom stereocenters. The van der Waals surface area contributed by atoms with Crippen LogP contribution in [0.15, 0.2) is 18.2 Å². The van der Waals surface area contributed by atoms with Crippen molar-refractivity contribution in [1.82, 2.24) is 9.13 Å². The molecule has 2 heterocycles. The molecule has 0 radical (unpaired) electrons. The van der Waals surface area contributed by atoms with Gasteiger partial charge in [0.2, 0.25) is 0 Å². The molecule has 0 unspecified atom stereocenters. The molecule has 1 fully saturated rings. The van der Waals surface area contributed by atoms with Crippen LogP contribution in [0.25, 0.3) is 10.9 Å². The average Bonchev–Trinajstić information content (AvgIpc) is 3.12. The standard InChI is InChI=1S/C30H52N4O2Si/c1-13-24-28(31(11)12)27-25(32-17-19-33(20-18-32)29(35)36-30(8,9)10)15-14-16-26(27)34(24)37(21(2)3,22(4)5)23(6)7/h14-16,21-23H,13,17-20H2,1-12H3. The Labute approximate surface area is 227 Å². The van der Waals surface area contributed by atoms with Gasteiger partial charge in [-0.05, 0) is 55.9 Å². The van der Waals surface area contributed by atoms with Crippen LogP contribution >= 0.6 is 0 Å². The second-order valence-electron chi connectivity index (χ2n) is 12.9. The van der Waals surface area contributed by atoms with Crippen molar-refractivity contribution in [2.45, 2.75) is 97.9 Å². The lowest BCUT2D eigenvalue weighted by Crippen LogP contribution is -2.52. The number of anilines is 2. The van der Waals surface area contributed by atoms with Crippen molar-refractivity contribution >= 4 is 36.6 Å². The minimum absolute atomic E-state index is 0.208. The van der Waals surface area contributed by atoms with Gasteiger partial charge in [0, 0.05) is 62.6 Å². The number of carbonyl (C=O) groups is 1. The summed E-state index contributed by atoms with van der Waals surface area (Å²) in [5.74, 6) is 0. The van der Waals surface area contributed by atoms with Crippen molar-refractivity contribution < 1.29 is 9.53 Å². The summed E-state index contributed by atoms with van der Waals surface area (Å²) in [6, 6.07) is 6.88. The highest BCUT2D eigenvalue weighted by Gasteiger charge is 2.47. The molecule has 37 heavy (non-hydrogen) atoms. The van der Waals surface area contributed by atoms with E-state index in [0.717, 1.165) is 19.5 Å². The van der Waals surface area contributed by atoms with Crippen LogP contribution in [0.5, 0.6) is 0 Å². The Morgan fingerprint density at radius 2 is 1.51 bits per heavy atom. The maximum atomic E-state index is 12.7. The molecular weight excluding hydrogens is 476 g/mol. The minimum atomic E-state index is -1.98. The molecule has 1 aliphatic rings. The number of rotatable bonds is 7. The van der Waals surface area contributed by atoms with Crippen molar-refractivity contribution in [3.8, 4) is 0 Å². The molecule has 6 nitrogen and oxygen atoms in total. The van der Waals surface area contributed by atoms with Gasteiger partial charge in [-0.25, -0.2) is 4.79 Å². The Bertz CT molecular complexity index is 1070. The van der Waals surface area contributed by atoms with Crippen LogP contribution < -0.4 is 9.80 Å². The molecule has 0 aliphatic carbocycles. The molecule has 0 N–H and O–H groups in total. The van der Waals surface area contributed by atoms with E-state index in [1.165, 1.54) is 28.0 Å². The Hall–Kier alpha value is -2.15. The molecule has 3 rings (SSSR count). The number of ether oxygens (including phenoxy) is 1. The Morgan fingerprint density at radius 1 is 0.973 bits per heavy atom. The van der Waals surface area contributed by atoms with E-state index in [9.17, 15) is 4.79 Å². The van der Waals surface area contributed by atoms with Gasteiger partial charge in [0.1, 0.15) is 5.60 Å². The summed E-state index contributed by atoms with van der Waals surface area (Å²) >= 11 is 0. The molecule has 0 saturated carbocycles. The second kappa shape index (κ2) is 10.9. The molecule has 0 bridgehead atoms. The van der Waals surface area contributed by atoms with E-state index in [1.54, 1.807) is 0 Å². The summed E-state index contributed by atoms with van der Waals surface area (Å²) in [6.07, 6.45) is 0.801. The van der Waals surface area contributed by atoms with Gasteiger partial charge in [0.05, 0.1) is 5.69 Å². The fourth-order valence-corrected chi connectivity index (χ4v) is 14.0. The Balaban J connectivity index is 2.17. The number of nitrogens with zero attached hydrogens (tertiary/aromatic N) is 4. The van der Waals surface area contributed by atoms with Gasteiger partial charge in [-0.1, -0.05) is 54.5 Å². The molecule has 0 spiro atoms. The van der Waals surface area contributed by atoms with E-state index < -0.39 is 13.8 Å². The third-order valence-corrected chi connectivity index (χ3v) is 15.1. The van der Waals surface area contributed by atoms with E-state index in [2.05, 4.69) is 94.8 Å². The highest BCUT2D eigenvalue weighted by atomic mass is 28.3. The molecule has 1 aromatic carbocycles. The SMILES string of the molecule is CCc1c(N(C)C)c2c(N3CCN(C(=O)OC(C)(C)C)CC3)cccc2n1[Si](C(C)C)(C(C)C)C(C)C. The lowest BCUT2D eigenvalue weighted by Gasteiger charge is -2.46. The first kappa shape index (κ1) is 29.4. The summed E-state index contributed by atoms with van der Waals surface area (Å²) in [6.45, 7) is 25.8. The van der Waals surface area contributed by atoms with Crippen LogP contribution in [-0.2, 0) is 11.2 Å². The highest BCUT2D eigenvalue weighted by molar-refractivity contribution is 6.83. The molecule has 1 saturated heterocycles. The van der Waals surface area contributed by atoms with E-state index in [1.807, 2.05) is 25.7 Å². The summed E-state index contributed by atoms with van der Waals surface area (Å²) < 4.78 is 8.50. The van der Waals surface area contributed by atoms with Gasteiger partial charge in [-0.2, -0.15) is 0 Å². The topological polar surface area (TPSA) is 40.9 Å². The van der Waals surface area contributed by atoms with Crippen LogP contribution in [0, 0.1) is 0 Å². The summed E-state index contributed by atoms with van der Waals surface area (Å²) in [7, 11) is 2.41. The number of fused-ring (bicyclic) bond motifs is 1. The highest BCUT2D eigenvalue weighted by Crippen LogP contribution is 2.49. The van der Waals surface area contributed by atoms with Crippen molar-refractivity contribution in [3.05, 3.63) is 23.9 Å². The number of aromatic nitrogens is 1. The van der Waals surface area contributed by atoms with Gasteiger partial charge in [-0.3, -0.25) is 0 Å². The van der Waals surface area contributed by atoms with Crippen molar-refractivity contribution in [1.29, 1.82) is 0 Å². The van der Waals surface area contributed by atoms with Crippen molar-refractivity contribution in [2.24, 2.45) is 0 Å². The second-order valence-corrected chi connectivity index (χ2v) is 18.5. The van der Waals surface area contributed by atoms with Crippen molar-refractivity contribution in [2.75, 3.05) is 50.1 Å². The molecule has 1 aromatic heterocycles. The van der Waals surface area contributed by atoms with Crippen LogP contribution in [0.2, 0.25) is 16.6 Å². The first-order valence-electron chi connectivity index (χ1n) is 14.2. The fraction of sp³-hybridized carbons (Fsp3) is 0.700. The van der Waals surface area contributed by atoms with Gasteiger partial charge >= 0.3 is 6.09 Å². The summed E-state index contributed by atoms with van der Waals surface area (Å²) in [5.41, 5.74) is 6.88. The van der Waals surface area contributed by atoms with Crippen LogP contribution in [0.4, 0.5) is 16.2 Å². The third-order valence-electron chi connectivity index (χ3n) is 8.26. The van der Waals surface area contributed by atoms with E-state index in [0.29, 0.717) is 29.7 Å². The molecule has 1 amide bonds. The predicted octanol–water partition coefficient (Wildman–Crippen LogP) is 7.35. The normalized spacial score (nSPS) is 15.4. The zero-order chi connectivity index (χ0) is 27.9. The van der Waals surface area contributed by atoms with Crippen LogP contribution in [-0.4, -0.2) is 69.3 Å². The largest absolute Gasteiger partial charge is 0.444 e. The molecule has 1 aliphatic heterocycles. The number of hydrogen-bond acceptors (Lipinski definition) is 4. The minimum Gasteiger partial charge on any atom is -0.444 e. The third kappa shape index (κ3) is 5.25. The average molecular weight is 529 g/mol. The molecule has 7 heteroatoms. The number of carbonyl (C=O) groups excluding carboxylic acids is 1. The van der Waals surface area contributed by atoms with Crippen molar-refractivity contribution in [3.63, 3.8) is 0 Å². The summed E-state index contributed by atoms with van der Waals surface area (Å²) in [4.78, 5) is 19.3. The smallest absolute Gasteiger partial charge is 0.410 e. The zero-order valence-electron chi connectivity index (χ0n) is 25.6. The van der Waals surface area contributed by atoms with Gasteiger partial charge in [0.25, 0.3) is 0 Å². The first-order chi connectivity index (χ1) is 17.2. The Morgan fingerprint density at radius 3 is 1.95 bits per heavy atom. The molecule has 2 aromatic rings. The lowest BCUT2D eigenvalue weighted by atomic mass is 10.1. The predicted molar refractivity (Wildman–Crippen MR) is 162 cm³/mol. The fourth-order valence-electron chi connectivity index (χ4n) is 7.10. The van der Waals surface area contributed by atoms with Gasteiger partial charge in [0.15, 0.2) is 8.24 Å². The molecular formula is C30H52N4O2Si. The monoisotopic (exact) mass is 528 g/mol. The van der Waals surface area contributed by atoms with E-state index >= 15 is 0 Å². The van der Waals surface area contributed by atoms with Gasteiger partial charge < -0.3 is 23.7 Å². The van der Waals surface area contributed by atoms with Gasteiger partial charge in [-0.15, -0.1) is 0 Å². The lowest BCUT2D eigenvalue weighted by molar-refractivity contribution is 0.0240. The summed E-state index contributed by atoms with van der Waals surface area (Å²) in [5, 5.41) is 1.37. The maximum absolute atomic E-state index is 12.7. The number of hydrogen-bond donors (Lipinski definition) is 0. The number of piperazine rings is 1. The Kier molecular flexibility index (Phi) is 8.67. The van der Waals surface area contributed by atoms with Crippen LogP contribution in [0.3, 0.4) is 0 Å². The molecule has 208 valence electrons.